The van der Waals surface area contributed by atoms with Gasteiger partial charge in [0.05, 0.1) is 0 Å². The third kappa shape index (κ3) is 4.31. The van der Waals surface area contributed by atoms with E-state index in [9.17, 15) is 14.4 Å². The molecule has 1 aromatic carbocycles. The van der Waals surface area contributed by atoms with E-state index in [0.717, 1.165) is 25.8 Å². The van der Waals surface area contributed by atoms with E-state index in [0.29, 0.717) is 43.3 Å². The summed E-state index contributed by atoms with van der Waals surface area (Å²) >= 11 is 0. The van der Waals surface area contributed by atoms with Crippen molar-refractivity contribution in [3.63, 3.8) is 0 Å². The van der Waals surface area contributed by atoms with Gasteiger partial charge in [-0.25, -0.2) is 0 Å². The summed E-state index contributed by atoms with van der Waals surface area (Å²) in [5.74, 6) is 0.0743. The zero-order valence-electron chi connectivity index (χ0n) is 16.3. The fraction of sp³-hybridized carbons (Fsp3) is 0.571. The van der Waals surface area contributed by atoms with Crippen LogP contribution in [0.2, 0.25) is 0 Å². The van der Waals surface area contributed by atoms with Gasteiger partial charge in [-0.05, 0) is 49.9 Å². The van der Waals surface area contributed by atoms with Crippen LogP contribution in [0.25, 0.3) is 0 Å². The Balaban J connectivity index is 1.64. The summed E-state index contributed by atoms with van der Waals surface area (Å²) in [6, 6.07) is 7.35. The molecule has 6 nitrogen and oxygen atoms in total. The van der Waals surface area contributed by atoms with Crippen molar-refractivity contribution in [2.45, 2.75) is 45.6 Å². The topological polar surface area (TPSA) is 60.9 Å². The number of carbonyl (C=O) groups excluding carboxylic acids is 3. The maximum atomic E-state index is 12.8. The molecule has 1 atom stereocenters. The Morgan fingerprint density at radius 2 is 1.41 bits per heavy atom. The lowest BCUT2D eigenvalue weighted by atomic mass is 9.98. The zero-order valence-corrected chi connectivity index (χ0v) is 16.3. The van der Waals surface area contributed by atoms with Crippen molar-refractivity contribution in [3.8, 4) is 0 Å². The number of carbonyl (C=O) groups is 3. The van der Waals surface area contributed by atoms with Gasteiger partial charge in [0.15, 0.2) is 0 Å². The summed E-state index contributed by atoms with van der Waals surface area (Å²) in [7, 11) is 0. The van der Waals surface area contributed by atoms with Gasteiger partial charge in [-0.1, -0.05) is 6.92 Å². The monoisotopic (exact) mass is 371 g/mol. The van der Waals surface area contributed by atoms with Crippen molar-refractivity contribution in [2.24, 2.45) is 0 Å². The first-order chi connectivity index (χ1) is 13.0. The highest BCUT2D eigenvalue weighted by Gasteiger charge is 2.27. The van der Waals surface area contributed by atoms with E-state index < -0.39 is 0 Å². The molecule has 0 spiro atoms. The molecule has 1 aromatic rings. The van der Waals surface area contributed by atoms with Crippen LogP contribution >= 0.6 is 0 Å². The van der Waals surface area contributed by atoms with Crippen LogP contribution in [0, 0.1) is 0 Å². The maximum absolute atomic E-state index is 12.8. The molecule has 0 saturated carbocycles. The van der Waals surface area contributed by atoms with E-state index in [1.165, 1.54) is 6.42 Å². The first-order valence-electron chi connectivity index (χ1n) is 9.97. The third-order valence-electron chi connectivity index (χ3n) is 5.75. The minimum Gasteiger partial charge on any atom is -0.339 e. The zero-order chi connectivity index (χ0) is 19.4. The number of hydrogen-bond donors (Lipinski definition) is 0. The van der Waals surface area contributed by atoms with Gasteiger partial charge < -0.3 is 14.7 Å². The van der Waals surface area contributed by atoms with Crippen molar-refractivity contribution in [1.29, 1.82) is 0 Å². The summed E-state index contributed by atoms with van der Waals surface area (Å²) in [5, 5.41) is 0. The Hall–Kier alpha value is -2.37. The van der Waals surface area contributed by atoms with E-state index in [1.54, 1.807) is 41.0 Å². The Bertz CT molecular complexity index is 693. The first-order valence-corrected chi connectivity index (χ1v) is 9.97. The van der Waals surface area contributed by atoms with E-state index in [-0.39, 0.29) is 17.7 Å². The molecule has 1 unspecified atom stereocenters. The van der Waals surface area contributed by atoms with Crippen LogP contribution in [0.4, 0.5) is 0 Å². The number of piperidine rings is 1. The molecule has 6 heteroatoms. The number of rotatable bonds is 3. The van der Waals surface area contributed by atoms with Crippen LogP contribution in [-0.2, 0) is 4.79 Å². The standard InChI is InChI=1S/C21H29N3O3/c1-3-19-6-4-5-11-24(19)21(27)18-9-7-17(8-10-18)20(26)23-14-12-22(13-15-23)16(2)25/h7-10,19H,3-6,11-15H2,1-2H3. The number of nitrogens with zero attached hydrogens (tertiary/aromatic N) is 3. The molecule has 2 aliphatic heterocycles. The van der Waals surface area contributed by atoms with Gasteiger partial charge in [-0.15, -0.1) is 0 Å². The van der Waals surface area contributed by atoms with Gasteiger partial charge >= 0.3 is 0 Å². The van der Waals surface area contributed by atoms with Crippen molar-refractivity contribution >= 4 is 17.7 Å². The van der Waals surface area contributed by atoms with Crippen LogP contribution < -0.4 is 0 Å². The largest absolute Gasteiger partial charge is 0.339 e. The van der Waals surface area contributed by atoms with Gasteiger partial charge in [0.2, 0.25) is 5.91 Å². The smallest absolute Gasteiger partial charge is 0.254 e. The molecule has 2 aliphatic rings. The molecule has 3 rings (SSSR count). The highest BCUT2D eigenvalue weighted by Crippen LogP contribution is 2.22. The number of benzene rings is 1. The molecule has 2 fully saturated rings. The molecule has 2 saturated heterocycles. The number of likely N-dealkylation sites (tertiary alicyclic amines) is 1. The summed E-state index contributed by atoms with van der Waals surface area (Å²) < 4.78 is 0. The lowest BCUT2D eigenvalue weighted by Gasteiger charge is -2.35. The minimum absolute atomic E-state index is 0.0402. The van der Waals surface area contributed by atoms with E-state index in [2.05, 4.69) is 6.92 Å². The van der Waals surface area contributed by atoms with Gasteiger partial charge in [-0.3, -0.25) is 14.4 Å². The lowest BCUT2D eigenvalue weighted by molar-refractivity contribution is -0.130. The quantitative estimate of drug-likeness (QED) is 0.820. The molecular formula is C21H29N3O3. The molecule has 0 N–H and O–H groups in total. The maximum Gasteiger partial charge on any atom is 0.254 e. The summed E-state index contributed by atoms with van der Waals surface area (Å²) in [5.41, 5.74) is 1.24. The number of piperazine rings is 1. The van der Waals surface area contributed by atoms with Crippen molar-refractivity contribution in [2.75, 3.05) is 32.7 Å². The van der Waals surface area contributed by atoms with E-state index in [4.69, 9.17) is 0 Å². The lowest BCUT2D eigenvalue weighted by Crippen LogP contribution is -2.50. The predicted octanol–water partition coefficient (Wildman–Crippen LogP) is 2.40. The fourth-order valence-corrected chi connectivity index (χ4v) is 4.02. The molecular weight excluding hydrogens is 342 g/mol. The molecule has 3 amide bonds. The van der Waals surface area contributed by atoms with E-state index >= 15 is 0 Å². The van der Waals surface area contributed by atoms with Gasteiger partial charge in [0.25, 0.3) is 11.8 Å². The van der Waals surface area contributed by atoms with Crippen LogP contribution in [-0.4, -0.2) is 71.2 Å². The molecule has 0 aliphatic carbocycles. The summed E-state index contributed by atoms with van der Waals surface area (Å²) in [6.45, 7) is 6.74. The Kier molecular flexibility index (Phi) is 6.14. The highest BCUT2D eigenvalue weighted by molar-refractivity contribution is 5.98. The number of hydrogen-bond acceptors (Lipinski definition) is 3. The second kappa shape index (κ2) is 8.55. The average molecular weight is 371 g/mol. The highest BCUT2D eigenvalue weighted by atomic mass is 16.2. The summed E-state index contributed by atoms with van der Waals surface area (Å²) in [6.07, 6.45) is 4.30. The normalized spacial score (nSPS) is 20.5. The van der Waals surface area contributed by atoms with Gasteiger partial charge in [0, 0.05) is 56.8 Å². The van der Waals surface area contributed by atoms with Crippen LogP contribution in [0.1, 0.15) is 60.2 Å². The summed E-state index contributed by atoms with van der Waals surface area (Å²) in [4.78, 5) is 42.5. The van der Waals surface area contributed by atoms with Crippen LogP contribution in [0.3, 0.4) is 0 Å². The predicted molar refractivity (Wildman–Crippen MR) is 104 cm³/mol. The second-order valence-electron chi connectivity index (χ2n) is 7.43. The average Bonchev–Trinajstić information content (AvgIpc) is 2.72. The Labute approximate surface area is 161 Å². The molecule has 0 aromatic heterocycles. The number of amides is 3. The van der Waals surface area contributed by atoms with Gasteiger partial charge in [0.1, 0.15) is 0 Å². The van der Waals surface area contributed by atoms with Crippen molar-refractivity contribution in [3.05, 3.63) is 35.4 Å². The SMILES string of the molecule is CCC1CCCCN1C(=O)c1ccc(C(=O)N2CCN(C(C)=O)CC2)cc1. The minimum atomic E-state index is -0.0402. The Morgan fingerprint density at radius 1 is 0.852 bits per heavy atom. The molecule has 0 radical (unpaired) electrons. The Morgan fingerprint density at radius 3 is 1.96 bits per heavy atom. The van der Waals surface area contributed by atoms with Crippen molar-refractivity contribution < 1.29 is 14.4 Å². The fourth-order valence-electron chi connectivity index (χ4n) is 4.02. The molecule has 2 heterocycles. The molecule has 27 heavy (non-hydrogen) atoms. The third-order valence-corrected chi connectivity index (χ3v) is 5.75. The molecule has 146 valence electrons. The van der Waals surface area contributed by atoms with E-state index in [1.807, 2.05) is 4.90 Å². The van der Waals surface area contributed by atoms with Crippen LogP contribution in [0.5, 0.6) is 0 Å². The van der Waals surface area contributed by atoms with Crippen LogP contribution in [0.15, 0.2) is 24.3 Å². The first kappa shape index (κ1) is 19.4. The van der Waals surface area contributed by atoms with Gasteiger partial charge in [-0.2, -0.15) is 0 Å². The van der Waals surface area contributed by atoms with Crippen molar-refractivity contribution in [1.82, 2.24) is 14.7 Å². The molecule has 0 bridgehead atoms. The second-order valence-corrected chi connectivity index (χ2v) is 7.43.